The molecule has 0 radical (unpaired) electrons. The fraction of sp³-hybridized carbons (Fsp3) is 1.00. The molecule has 2 aliphatic rings. The number of ether oxygens (including phenoxy) is 2. The van der Waals surface area contributed by atoms with E-state index >= 15 is 0 Å². The van der Waals surface area contributed by atoms with Gasteiger partial charge >= 0.3 is 0 Å². The molecule has 1 aliphatic carbocycles. The Morgan fingerprint density at radius 3 is 2.65 bits per heavy atom. The quantitative estimate of drug-likeness (QED) is 0.526. The van der Waals surface area contributed by atoms with E-state index in [-0.39, 0.29) is 11.6 Å². The second-order valence-electron chi connectivity index (χ2n) is 5.35. The molecule has 0 bridgehead atoms. The summed E-state index contributed by atoms with van der Waals surface area (Å²) in [5.74, 6) is 6.70. The molecule has 0 aromatic heterocycles. The number of nitrogens with two attached hydrogens (primary N) is 1. The maximum atomic E-state index is 6.05. The largest absolute Gasteiger partial charge is 0.381 e. The van der Waals surface area contributed by atoms with Gasteiger partial charge in [0.15, 0.2) is 0 Å². The summed E-state index contributed by atoms with van der Waals surface area (Å²) in [6.07, 6.45) is 7.14. The Morgan fingerprint density at radius 1 is 1.41 bits per heavy atom. The van der Waals surface area contributed by atoms with E-state index in [1.54, 1.807) is 0 Å². The molecule has 17 heavy (non-hydrogen) atoms. The molecule has 2 rings (SSSR count). The van der Waals surface area contributed by atoms with Crippen molar-refractivity contribution in [3.8, 4) is 0 Å². The molecule has 4 heteroatoms. The summed E-state index contributed by atoms with van der Waals surface area (Å²) < 4.78 is 11.5. The summed E-state index contributed by atoms with van der Waals surface area (Å²) >= 11 is 0. The number of hydrogen-bond acceptors (Lipinski definition) is 4. The van der Waals surface area contributed by atoms with E-state index in [4.69, 9.17) is 15.3 Å². The molecule has 100 valence electrons. The van der Waals surface area contributed by atoms with E-state index in [9.17, 15) is 0 Å². The van der Waals surface area contributed by atoms with Crippen molar-refractivity contribution in [3.05, 3.63) is 0 Å². The molecule has 1 atom stereocenters. The SMILES string of the molecule is CCOC1(C(CCC2CC2)NN)CCOCC1. The van der Waals surface area contributed by atoms with Crippen LogP contribution in [0.3, 0.4) is 0 Å². The minimum atomic E-state index is -0.101. The Bertz CT molecular complexity index is 220. The number of hydrogen-bond donors (Lipinski definition) is 2. The van der Waals surface area contributed by atoms with Gasteiger partial charge in [0, 0.05) is 32.7 Å². The lowest BCUT2D eigenvalue weighted by atomic mass is 9.83. The Kier molecular flexibility index (Phi) is 4.79. The van der Waals surface area contributed by atoms with E-state index in [1.807, 2.05) is 0 Å². The fourth-order valence-corrected chi connectivity index (χ4v) is 2.90. The predicted octanol–water partition coefficient (Wildman–Crippen LogP) is 1.59. The van der Waals surface area contributed by atoms with Gasteiger partial charge in [-0.25, -0.2) is 0 Å². The van der Waals surface area contributed by atoms with Crippen molar-refractivity contribution in [2.75, 3.05) is 19.8 Å². The molecule has 4 nitrogen and oxygen atoms in total. The third-order valence-corrected chi connectivity index (χ3v) is 4.17. The Labute approximate surface area is 104 Å². The number of rotatable bonds is 7. The summed E-state index contributed by atoms with van der Waals surface area (Å²) in [6.45, 7) is 4.40. The van der Waals surface area contributed by atoms with Crippen molar-refractivity contribution < 1.29 is 9.47 Å². The zero-order valence-corrected chi connectivity index (χ0v) is 10.9. The first kappa shape index (κ1) is 13.3. The maximum Gasteiger partial charge on any atom is 0.0891 e. The van der Waals surface area contributed by atoms with E-state index in [2.05, 4.69) is 12.3 Å². The normalized spacial score (nSPS) is 25.8. The first-order valence-electron chi connectivity index (χ1n) is 6.98. The van der Waals surface area contributed by atoms with Crippen LogP contribution in [0.4, 0.5) is 0 Å². The molecular weight excluding hydrogens is 216 g/mol. The van der Waals surface area contributed by atoms with Crippen LogP contribution in [0.15, 0.2) is 0 Å². The van der Waals surface area contributed by atoms with Crippen LogP contribution in [-0.2, 0) is 9.47 Å². The van der Waals surface area contributed by atoms with Gasteiger partial charge in [0.05, 0.1) is 11.6 Å². The third kappa shape index (κ3) is 3.41. The summed E-state index contributed by atoms with van der Waals surface area (Å²) in [5.41, 5.74) is 2.90. The molecule has 1 unspecified atom stereocenters. The van der Waals surface area contributed by atoms with Gasteiger partial charge in [-0.1, -0.05) is 12.8 Å². The van der Waals surface area contributed by atoms with Gasteiger partial charge in [-0.05, 0) is 25.7 Å². The Hall–Kier alpha value is -0.160. The molecular formula is C13H26N2O2. The number of nitrogens with one attached hydrogen (secondary N) is 1. The lowest BCUT2D eigenvalue weighted by Gasteiger charge is -2.43. The van der Waals surface area contributed by atoms with Crippen LogP contribution >= 0.6 is 0 Å². The fourth-order valence-electron chi connectivity index (χ4n) is 2.90. The Balaban J connectivity index is 1.93. The van der Waals surface area contributed by atoms with Crippen LogP contribution < -0.4 is 11.3 Å². The molecule has 0 amide bonds. The minimum Gasteiger partial charge on any atom is -0.381 e. The van der Waals surface area contributed by atoms with Crippen LogP contribution in [0, 0.1) is 5.92 Å². The molecule has 1 saturated heterocycles. The summed E-state index contributed by atoms with van der Waals surface area (Å²) in [6, 6.07) is 0.270. The van der Waals surface area contributed by atoms with Gasteiger partial charge in [-0.2, -0.15) is 0 Å². The minimum absolute atomic E-state index is 0.101. The van der Waals surface area contributed by atoms with Crippen LogP contribution in [0.1, 0.15) is 45.4 Å². The first-order chi connectivity index (χ1) is 8.30. The van der Waals surface area contributed by atoms with Crippen molar-refractivity contribution >= 4 is 0 Å². The summed E-state index contributed by atoms with van der Waals surface area (Å²) in [4.78, 5) is 0. The lowest BCUT2D eigenvalue weighted by Crippen LogP contribution is -2.57. The van der Waals surface area contributed by atoms with E-state index in [0.29, 0.717) is 0 Å². The van der Waals surface area contributed by atoms with Crippen molar-refractivity contribution in [3.63, 3.8) is 0 Å². The molecule has 2 fully saturated rings. The summed E-state index contributed by atoms with van der Waals surface area (Å²) in [5, 5.41) is 0. The molecule has 1 saturated carbocycles. The van der Waals surface area contributed by atoms with E-state index in [1.165, 1.54) is 19.3 Å². The van der Waals surface area contributed by atoms with E-state index in [0.717, 1.165) is 45.0 Å². The molecule has 0 spiro atoms. The second kappa shape index (κ2) is 6.14. The maximum absolute atomic E-state index is 6.05. The first-order valence-corrected chi connectivity index (χ1v) is 6.98. The highest BCUT2D eigenvalue weighted by atomic mass is 16.5. The average molecular weight is 242 g/mol. The smallest absolute Gasteiger partial charge is 0.0891 e. The predicted molar refractivity (Wildman–Crippen MR) is 67.5 cm³/mol. The lowest BCUT2D eigenvalue weighted by molar-refractivity contribution is -0.128. The van der Waals surface area contributed by atoms with Crippen LogP contribution in [0.25, 0.3) is 0 Å². The second-order valence-corrected chi connectivity index (χ2v) is 5.35. The molecule has 1 heterocycles. The van der Waals surface area contributed by atoms with Crippen molar-refractivity contribution in [2.45, 2.75) is 57.1 Å². The highest BCUT2D eigenvalue weighted by Crippen LogP contribution is 2.37. The van der Waals surface area contributed by atoms with Crippen molar-refractivity contribution in [1.29, 1.82) is 0 Å². The average Bonchev–Trinajstić information content (AvgIpc) is 3.15. The standard InChI is InChI=1S/C13H26N2O2/c1-2-17-13(7-9-16-10-8-13)12(15-14)6-5-11-3-4-11/h11-12,15H,2-10,14H2,1H3. The highest BCUT2D eigenvalue weighted by molar-refractivity contribution is 4.95. The zero-order valence-electron chi connectivity index (χ0n) is 10.9. The van der Waals surface area contributed by atoms with Gasteiger partial charge < -0.3 is 9.47 Å². The monoisotopic (exact) mass is 242 g/mol. The van der Waals surface area contributed by atoms with Gasteiger partial charge in [0.1, 0.15) is 0 Å². The molecule has 0 aromatic rings. The van der Waals surface area contributed by atoms with Crippen molar-refractivity contribution in [1.82, 2.24) is 5.43 Å². The topological polar surface area (TPSA) is 56.5 Å². The Morgan fingerprint density at radius 2 is 2.12 bits per heavy atom. The molecule has 0 aromatic carbocycles. The van der Waals surface area contributed by atoms with Gasteiger partial charge in [0.25, 0.3) is 0 Å². The highest BCUT2D eigenvalue weighted by Gasteiger charge is 2.41. The van der Waals surface area contributed by atoms with Crippen LogP contribution in [0.5, 0.6) is 0 Å². The third-order valence-electron chi connectivity index (χ3n) is 4.17. The zero-order chi connectivity index (χ0) is 12.1. The van der Waals surface area contributed by atoms with Crippen LogP contribution in [-0.4, -0.2) is 31.5 Å². The van der Waals surface area contributed by atoms with E-state index < -0.39 is 0 Å². The van der Waals surface area contributed by atoms with Crippen LogP contribution in [0.2, 0.25) is 0 Å². The summed E-state index contributed by atoms with van der Waals surface area (Å²) in [7, 11) is 0. The van der Waals surface area contributed by atoms with Gasteiger partial charge in [0.2, 0.25) is 0 Å². The number of hydrazine groups is 1. The van der Waals surface area contributed by atoms with Gasteiger partial charge in [-0.15, -0.1) is 0 Å². The van der Waals surface area contributed by atoms with Crippen molar-refractivity contribution in [2.24, 2.45) is 11.8 Å². The molecule has 1 aliphatic heterocycles. The van der Waals surface area contributed by atoms with Gasteiger partial charge in [-0.3, -0.25) is 11.3 Å². The molecule has 3 N–H and O–H groups in total.